The molecule has 140 valence electrons. The van der Waals surface area contributed by atoms with Crippen molar-refractivity contribution in [2.45, 2.75) is 6.54 Å². The van der Waals surface area contributed by atoms with Crippen molar-refractivity contribution in [3.05, 3.63) is 62.1 Å². The highest BCUT2D eigenvalue weighted by atomic mass is 35.5. The Morgan fingerprint density at radius 3 is 2.27 bits per heavy atom. The Morgan fingerprint density at radius 2 is 1.65 bits per heavy atom. The Labute approximate surface area is 171 Å². The van der Waals surface area contributed by atoms with Crippen LogP contribution in [0.1, 0.15) is 5.56 Å². The molecule has 0 radical (unpaired) electrons. The van der Waals surface area contributed by atoms with Crippen LogP contribution < -0.4 is 5.32 Å². The zero-order chi connectivity index (χ0) is 19.5. The van der Waals surface area contributed by atoms with E-state index in [1.54, 1.807) is 24.3 Å². The first kappa shape index (κ1) is 21.3. The second-order valence-corrected chi connectivity index (χ2v) is 9.09. The summed E-state index contributed by atoms with van der Waals surface area (Å²) < 4.78 is 25.1. The minimum atomic E-state index is -3.65. The Hall–Kier alpha value is -1.02. The number of hydrogen-bond donors (Lipinski definition) is 1. The number of hydrogen-bond acceptors (Lipinski definition) is 3. The first-order valence-electron chi connectivity index (χ1n) is 7.20. The molecular weight excluding hydrogens is 442 g/mol. The minimum Gasteiger partial charge on any atom is -0.324 e. The fourth-order valence-electron chi connectivity index (χ4n) is 2.08. The number of nitrogens with one attached hydrogen (secondary N) is 1. The number of halogens is 4. The first-order valence-corrected chi connectivity index (χ1v) is 10.6. The molecule has 0 saturated heterocycles. The van der Waals surface area contributed by atoms with Gasteiger partial charge in [0, 0.05) is 11.6 Å². The van der Waals surface area contributed by atoms with E-state index >= 15 is 0 Å². The summed E-state index contributed by atoms with van der Waals surface area (Å²) in [4.78, 5) is 12.3. The molecule has 2 aromatic rings. The van der Waals surface area contributed by atoms with Crippen LogP contribution in [0, 0.1) is 0 Å². The van der Waals surface area contributed by atoms with Crippen molar-refractivity contribution in [2.24, 2.45) is 0 Å². The molecule has 0 saturated carbocycles. The lowest BCUT2D eigenvalue weighted by atomic mass is 10.2. The highest BCUT2D eigenvalue weighted by Gasteiger charge is 2.21. The predicted octanol–water partition coefficient (Wildman–Crippen LogP) is 4.70. The topological polar surface area (TPSA) is 66.5 Å². The van der Waals surface area contributed by atoms with Crippen LogP contribution in [-0.4, -0.2) is 31.4 Å². The number of amides is 1. The van der Waals surface area contributed by atoms with E-state index in [0.717, 1.165) is 10.6 Å². The lowest BCUT2D eigenvalue weighted by Gasteiger charge is -2.20. The Bertz CT molecular complexity index is 935. The van der Waals surface area contributed by atoms with Crippen LogP contribution in [0.25, 0.3) is 0 Å². The number of anilines is 1. The molecule has 0 aliphatic carbocycles. The second kappa shape index (κ2) is 8.78. The number of carbonyl (C=O) groups is 1. The van der Waals surface area contributed by atoms with E-state index in [9.17, 15) is 13.2 Å². The van der Waals surface area contributed by atoms with Crippen molar-refractivity contribution in [2.75, 3.05) is 18.1 Å². The largest absolute Gasteiger partial charge is 0.324 e. The zero-order valence-corrected chi connectivity index (χ0v) is 17.3. The molecule has 0 bridgehead atoms. The lowest BCUT2D eigenvalue weighted by Crippen LogP contribution is -2.36. The smallest absolute Gasteiger partial charge is 0.239 e. The average Bonchev–Trinajstić information content (AvgIpc) is 2.53. The predicted molar refractivity (Wildman–Crippen MR) is 107 cm³/mol. The van der Waals surface area contributed by atoms with Crippen molar-refractivity contribution < 1.29 is 13.2 Å². The van der Waals surface area contributed by atoms with Crippen molar-refractivity contribution >= 4 is 68.0 Å². The zero-order valence-electron chi connectivity index (χ0n) is 13.5. The third-order valence-electron chi connectivity index (χ3n) is 3.33. The fourth-order valence-corrected chi connectivity index (χ4v) is 3.47. The van der Waals surface area contributed by atoms with E-state index in [0.29, 0.717) is 26.3 Å². The van der Waals surface area contributed by atoms with E-state index in [2.05, 4.69) is 5.32 Å². The molecule has 2 aromatic carbocycles. The highest BCUT2D eigenvalue weighted by molar-refractivity contribution is 7.88. The molecule has 2 rings (SSSR count). The van der Waals surface area contributed by atoms with E-state index in [4.69, 9.17) is 46.4 Å². The second-order valence-electron chi connectivity index (χ2n) is 5.45. The van der Waals surface area contributed by atoms with Crippen molar-refractivity contribution in [1.29, 1.82) is 0 Å². The van der Waals surface area contributed by atoms with Crippen molar-refractivity contribution in [3.8, 4) is 0 Å². The van der Waals surface area contributed by atoms with Crippen LogP contribution in [-0.2, 0) is 21.4 Å². The third-order valence-corrected chi connectivity index (χ3v) is 5.83. The molecule has 5 nitrogen and oxygen atoms in total. The van der Waals surface area contributed by atoms with Crippen LogP contribution in [0.15, 0.2) is 36.4 Å². The monoisotopic (exact) mass is 454 g/mol. The summed E-state index contributed by atoms with van der Waals surface area (Å²) in [5, 5.41) is 3.89. The van der Waals surface area contributed by atoms with Gasteiger partial charge in [0.25, 0.3) is 0 Å². The summed E-state index contributed by atoms with van der Waals surface area (Å²) in [5.41, 5.74) is 0.894. The molecule has 0 heterocycles. The minimum absolute atomic E-state index is 0.0353. The van der Waals surface area contributed by atoms with E-state index in [-0.39, 0.29) is 11.6 Å². The van der Waals surface area contributed by atoms with Gasteiger partial charge in [0.2, 0.25) is 15.9 Å². The van der Waals surface area contributed by atoms with Gasteiger partial charge in [-0.15, -0.1) is 0 Å². The van der Waals surface area contributed by atoms with Gasteiger partial charge in [0.1, 0.15) is 0 Å². The molecule has 0 unspecified atom stereocenters. The molecule has 10 heteroatoms. The van der Waals surface area contributed by atoms with Crippen molar-refractivity contribution in [1.82, 2.24) is 4.31 Å². The highest BCUT2D eigenvalue weighted by Crippen LogP contribution is 2.26. The van der Waals surface area contributed by atoms with Gasteiger partial charge in [-0.05, 0) is 35.9 Å². The first-order chi connectivity index (χ1) is 12.1. The van der Waals surface area contributed by atoms with Gasteiger partial charge < -0.3 is 5.32 Å². The molecule has 0 aliphatic heterocycles. The molecule has 26 heavy (non-hydrogen) atoms. The molecule has 1 N–H and O–H groups in total. The number of sulfonamides is 1. The van der Waals surface area contributed by atoms with Gasteiger partial charge in [-0.1, -0.05) is 52.5 Å². The van der Waals surface area contributed by atoms with E-state index < -0.39 is 22.5 Å². The van der Waals surface area contributed by atoms with Gasteiger partial charge in [-0.3, -0.25) is 4.79 Å². The normalized spacial score (nSPS) is 11.6. The molecular formula is C16H14Cl4N2O3S. The molecule has 0 spiro atoms. The maximum absolute atomic E-state index is 12.3. The number of nitrogens with zero attached hydrogens (tertiary/aromatic N) is 1. The van der Waals surface area contributed by atoms with Crippen molar-refractivity contribution in [3.63, 3.8) is 0 Å². The Kier molecular flexibility index (Phi) is 7.19. The maximum atomic E-state index is 12.3. The standard InChI is InChI=1S/C16H14Cl4N2O3S/c1-26(24,25)22(8-10-2-4-12(18)14(20)6-10)9-16(23)21-15-7-11(17)3-5-13(15)19/h2-7H,8-9H2,1H3,(H,21,23). The fraction of sp³-hybridized carbons (Fsp3) is 0.188. The van der Waals surface area contributed by atoms with Crippen LogP contribution in [0.5, 0.6) is 0 Å². The quantitative estimate of drug-likeness (QED) is 0.686. The average molecular weight is 456 g/mol. The third kappa shape index (κ3) is 6.01. The van der Waals surface area contributed by atoms with Crippen LogP contribution in [0.2, 0.25) is 20.1 Å². The summed E-state index contributed by atoms with van der Waals surface area (Å²) in [6.07, 6.45) is 1.02. The molecule has 0 aromatic heterocycles. The van der Waals surface area contributed by atoms with Gasteiger partial charge in [0.05, 0.1) is 33.6 Å². The van der Waals surface area contributed by atoms with Crippen LogP contribution >= 0.6 is 46.4 Å². The van der Waals surface area contributed by atoms with Crippen LogP contribution in [0.3, 0.4) is 0 Å². The molecule has 1 amide bonds. The number of rotatable bonds is 6. The Morgan fingerprint density at radius 1 is 1.00 bits per heavy atom. The van der Waals surface area contributed by atoms with Gasteiger partial charge in [-0.25, -0.2) is 8.42 Å². The van der Waals surface area contributed by atoms with Gasteiger partial charge in [0.15, 0.2) is 0 Å². The summed E-state index contributed by atoms with van der Waals surface area (Å²) >= 11 is 23.7. The number of carbonyl (C=O) groups excluding carboxylic acids is 1. The van der Waals surface area contributed by atoms with E-state index in [1.165, 1.54) is 12.1 Å². The lowest BCUT2D eigenvalue weighted by molar-refractivity contribution is -0.116. The molecule has 0 fully saturated rings. The summed E-state index contributed by atoms with van der Waals surface area (Å²) in [7, 11) is -3.65. The van der Waals surface area contributed by atoms with Gasteiger partial charge >= 0.3 is 0 Å². The molecule has 0 atom stereocenters. The maximum Gasteiger partial charge on any atom is 0.239 e. The summed E-state index contributed by atoms with van der Waals surface area (Å²) in [6.45, 7) is -0.436. The number of benzene rings is 2. The SMILES string of the molecule is CS(=O)(=O)N(CC(=O)Nc1cc(Cl)ccc1Cl)Cc1ccc(Cl)c(Cl)c1. The molecule has 0 aliphatic rings. The van der Waals surface area contributed by atoms with Gasteiger partial charge in [-0.2, -0.15) is 4.31 Å². The summed E-state index contributed by atoms with van der Waals surface area (Å²) in [5.74, 6) is -0.556. The Balaban J connectivity index is 2.16. The van der Waals surface area contributed by atoms with Crippen LogP contribution in [0.4, 0.5) is 5.69 Å². The van der Waals surface area contributed by atoms with E-state index in [1.807, 2.05) is 0 Å². The summed E-state index contributed by atoms with van der Waals surface area (Å²) in [6, 6.07) is 9.33.